The second kappa shape index (κ2) is 7.74. The third-order valence-corrected chi connectivity index (χ3v) is 4.33. The van der Waals surface area contributed by atoms with Gasteiger partial charge in [0.15, 0.2) is 5.82 Å². The minimum atomic E-state index is -4.77. The fraction of sp³-hybridized carbons (Fsp3) is 0.278. The van der Waals surface area contributed by atoms with Crippen molar-refractivity contribution in [1.82, 2.24) is 24.9 Å². The summed E-state index contributed by atoms with van der Waals surface area (Å²) >= 11 is 0. The van der Waals surface area contributed by atoms with E-state index in [4.69, 9.17) is 0 Å². The highest BCUT2D eigenvalue weighted by atomic mass is 19.4. The maximum Gasteiger partial charge on any atom is 0.433 e. The van der Waals surface area contributed by atoms with E-state index in [9.17, 15) is 35.1 Å². The molecule has 3 aromatic rings. The van der Waals surface area contributed by atoms with Crippen LogP contribution >= 0.6 is 0 Å². The van der Waals surface area contributed by atoms with Crippen molar-refractivity contribution in [3.05, 3.63) is 47.9 Å². The zero-order valence-electron chi connectivity index (χ0n) is 16.1. The first-order valence-electron chi connectivity index (χ1n) is 9.04. The van der Waals surface area contributed by atoms with Crippen molar-refractivity contribution in [2.45, 2.75) is 18.3 Å². The fourth-order valence-corrected chi connectivity index (χ4v) is 2.84. The van der Waals surface area contributed by atoms with Crippen LogP contribution in [0, 0.1) is 0 Å². The molecule has 33 heavy (non-hydrogen) atoms. The number of aromatic nitrogens is 5. The highest BCUT2D eigenvalue weighted by Crippen LogP contribution is 2.33. The van der Waals surface area contributed by atoms with Gasteiger partial charge in [0.2, 0.25) is 11.9 Å². The SMILES string of the molecule is FC1(F)CN(c2nc(Nc3ccnc(C(F)(F)F)c3)nc(-c3cccc(C(F)(F)F)n3)n2)C1. The predicted molar refractivity (Wildman–Crippen MR) is 97.7 cm³/mol. The van der Waals surface area contributed by atoms with E-state index in [2.05, 4.69) is 30.2 Å². The molecule has 0 unspecified atom stereocenters. The number of pyridine rings is 2. The Kier molecular flexibility index (Phi) is 5.29. The summed E-state index contributed by atoms with van der Waals surface area (Å²) in [6.07, 6.45) is -8.63. The number of rotatable bonds is 4. The molecule has 0 amide bonds. The molecule has 0 aromatic carbocycles. The van der Waals surface area contributed by atoms with Gasteiger partial charge in [0, 0.05) is 11.9 Å². The van der Waals surface area contributed by atoms with Crippen LogP contribution < -0.4 is 10.2 Å². The van der Waals surface area contributed by atoms with Crippen molar-refractivity contribution >= 4 is 17.6 Å². The van der Waals surface area contributed by atoms with Crippen molar-refractivity contribution in [1.29, 1.82) is 0 Å². The Morgan fingerprint density at radius 3 is 2.18 bits per heavy atom. The molecule has 1 fully saturated rings. The Labute approximate surface area is 179 Å². The zero-order valence-corrected chi connectivity index (χ0v) is 16.1. The van der Waals surface area contributed by atoms with Crippen molar-refractivity contribution < 1.29 is 35.1 Å². The Morgan fingerprint density at radius 2 is 1.55 bits per heavy atom. The molecule has 0 atom stereocenters. The third-order valence-electron chi connectivity index (χ3n) is 4.33. The van der Waals surface area contributed by atoms with E-state index in [-0.39, 0.29) is 23.3 Å². The minimum absolute atomic E-state index is 0.147. The van der Waals surface area contributed by atoms with Gasteiger partial charge in [-0.25, -0.2) is 13.8 Å². The molecule has 7 nitrogen and oxygen atoms in total. The number of nitrogens with one attached hydrogen (secondary N) is 1. The molecule has 1 saturated heterocycles. The second-order valence-corrected chi connectivity index (χ2v) is 6.95. The van der Waals surface area contributed by atoms with E-state index >= 15 is 0 Å². The monoisotopic (exact) mass is 477 g/mol. The first kappa shape index (κ1) is 22.5. The molecule has 174 valence electrons. The van der Waals surface area contributed by atoms with Gasteiger partial charge in [0.25, 0.3) is 5.92 Å². The third kappa shape index (κ3) is 5.06. The van der Waals surface area contributed by atoms with Gasteiger partial charge in [-0.1, -0.05) is 6.07 Å². The molecule has 1 N–H and O–H groups in total. The molecule has 0 spiro atoms. The lowest BCUT2D eigenvalue weighted by Gasteiger charge is -2.38. The van der Waals surface area contributed by atoms with Gasteiger partial charge in [-0.3, -0.25) is 4.98 Å². The number of alkyl halides is 8. The summed E-state index contributed by atoms with van der Waals surface area (Å²) in [6, 6.07) is 4.76. The van der Waals surface area contributed by atoms with E-state index < -0.39 is 48.6 Å². The molecule has 0 aliphatic carbocycles. The number of anilines is 3. The number of halogens is 8. The van der Waals surface area contributed by atoms with Gasteiger partial charge in [-0.15, -0.1) is 0 Å². The zero-order chi connectivity index (χ0) is 24.0. The quantitative estimate of drug-likeness (QED) is 0.552. The predicted octanol–water partition coefficient (Wildman–Crippen LogP) is 4.57. The second-order valence-electron chi connectivity index (χ2n) is 6.95. The van der Waals surface area contributed by atoms with Crippen LogP contribution in [0.5, 0.6) is 0 Å². The summed E-state index contributed by atoms with van der Waals surface area (Å²) in [5, 5.41) is 2.47. The molecule has 1 aliphatic rings. The molecule has 0 bridgehead atoms. The summed E-state index contributed by atoms with van der Waals surface area (Å²) in [4.78, 5) is 19.4. The van der Waals surface area contributed by atoms with Crippen LogP contribution in [0.1, 0.15) is 11.4 Å². The molecule has 4 heterocycles. The Hall–Kier alpha value is -3.65. The molecule has 4 rings (SSSR count). The minimum Gasteiger partial charge on any atom is -0.328 e. The van der Waals surface area contributed by atoms with Crippen molar-refractivity contribution in [2.75, 3.05) is 23.3 Å². The lowest BCUT2D eigenvalue weighted by Crippen LogP contribution is -2.57. The van der Waals surface area contributed by atoms with E-state index in [1.807, 2.05) is 0 Å². The maximum atomic E-state index is 13.3. The van der Waals surface area contributed by atoms with Crippen LogP contribution in [0.25, 0.3) is 11.5 Å². The number of hydrogen-bond acceptors (Lipinski definition) is 7. The summed E-state index contributed by atoms with van der Waals surface area (Å²) in [5.74, 6) is -4.10. The topological polar surface area (TPSA) is 79.7 Å². The fourth-order valence-electron chi connectivity index (χ4n) is 2.84. The van der Waals surface area contributed by atoms with Gasteiger partial charge in [-0.05, 0) is 24.3 Å². The van der Waals surface area contributed by atoms with Crippen LogP contribution in [0.3, 0.4) is 0 Å². The highest BCUT2D eigenvalue weighted by molar-refractivity contribution is 5.60. The van der Waals surface area contributed by atoms with Crippen LogP contribution in [0.15, 0.2) is 36.5 Å². The average molecular weight is 477 g/mol. The maximum absolute atomic E-state index is 13.3. The summed E-state index contributed by atoms with van der Waals surface area (Å²) < 4.78 is 104. The van der Waals surface area contributed by atoms with E-state index in [1.54, 1.807) is 0 Å². The first-order chi connectivity index (χ1) is 15.3. The van der Waals surface area contributed by atoms with Gasteiger partial charge < -0.3 is 10.2 Å². The number of nitrogens with zero attached hydrogens (tertiary/aromatic N) is 6. The van der Waals surface area contributed by atoms with Gasteiger partial charge >= 0.3 is 12.4 Å². The van der Waals surface area contributed by atoms with Crippen LogP contribution in [0.2, 0.25) is 0 Å². The molecule has 15 heteroatoms. The van der Waals surface area contributed by atoms with Gasteiger partial charge in [0.05, 0.1) is 13.1 Å². The molecule has 0 radical (unpaired) electrons. The lowest BCUT2D eigenvalue weighted by molar-refractivity contribution is -0.141. The van der Waals surface area contributed by atoms with Crippen molar-refractivity contribution in [3.63, 3.8) is 0 Å². The van der Waals surface area contributed by atoms with Crippen LogP contribution in [-0.4, -0.2) is 43.9 Å². The highest BCUT2D eigenvalue weighted by Gasteiger charge is 2.45. The van der Waals surface area contributed by atoms with Crippen LogP contribution in [0.4, 0.5) is 52.7 Å². The standard InChI is InChI=1S/C18H11F8N7/c19-16(20)7-33(8-16)15-31-13(10-2-1-3-11(29-10)17(21,22)23)30-14(32-15)28-9-4-5-27-12(6-9)18(24,25)26/h1-6H,7-8H2,(H,27,28,30,31,32). The molecule has 1 aliphatic heterocycles. The Bertz CT molecular complexity index is 1170. The molecule has 0 saturated carbocycles. The smallest absolute Gasteiger partial charge is 0.328 e. The van der Waals surface area contributed by atoms with Gasteiger partial charge in [-0.2, -0.15) is 41.3 Å². The van der Waals surface area contributed by atoms with E-state index in [1.165, 1.54) is 6.07 Å². The molecular formula is C18H11F8N7. The normalized spacial score (nSPS) is 15.8. The van der Waals surface area contributed by atoms with Crippen LogP contribution in [-0.2, 0) is 12.4 Å². The largest absolute Gasteiger partial charge is 0.433 e. The van der Waals surface area contributed by atoms with E-state index in [0.29, 0.717) is 6.07 Å². The Balaban J connectivity index is 1.73. The van der Waals surface area contributed by atoms with Crippen molar-refractivity contribution in [3.8, 4) is 11.5 Å². The van der Waals surface area contributed by atoms with Crippen molar-refractivity contribution in [2.24, 2.45) is 0 Å². The molecule has 3 aromatic heterocycles. The summed E-state index contributed by atoms with van der Waals surface area (Å²) in [7, 11) is 0. The number of hydrogen-bond donors (Lipinski definition) is 1. The van der Waals surface area contributed by atoms with E-state index in [0.717, 1.165) is 29.3 Å². The summed E-state index contributed by atoms with van der Waals surface area (Å²) in [6.45, 7) is -1.50. The molecular weight excluding hydrogens is 466 g/mol. The van der Waals surface area contributed by atoms with Gasteiger partial charge in [0.1, 0.15) is 17.1 Å². The Morgan fingerprint density at radius 1 is 0.848 bits per heavy atom. The lowest BCUT2D eigenvalue weighted by atomic mass is 10.2. The summed E-state index contributed by atoms with van der Waals surface area (Å²) in [5.41, 5.74) is -2.94. The average Bonchev–Trinajstić information content (AvgIpc) is 2.71. The first-order valence-corrected chi connectivity index (χ1v) is 9.04.